The monoisotopic (exact) mass is 294 g/mol. The van der Waals surface area contributed by atoms with Crippen molar-refractivity contribution in [3.8, 4) is 11.5 Å². The van der Waals surface area contributed by atoms with Crippen molar-refractivity contribution < 1.29 is 14.2 Å². The van der Waals surface area contributed by atoms with E-state index in [9.17, 15) is 0 Å². The SMILES string of the molecule is COCCCN(C)CC(N)c1ccc2c(c1)OCCCO2. The van der Waals surface area contributed by atoms with Gasteiger partial charge < -0.3 is 24.8 Å². The lowest BCUT2D eigenvalue weighted by molar-refractivity contribution is 0.177. The molecule has 1 aromatic carbocycles. The van der Waals surface area contributed by atoms with Crippen LogP contribution in [-0.4, -0.2) is 52.0 Å². The molecule has 0 radical (unpaired) electrons. The fourth-order valence-corrected chi connectivity index (χ4v) is 2.42. The summed E-state index contributed by atoms with van der Waals surface area (Å²) in [5, 5.41) is 0. The first-order valence-electron chi connectivity index (χ1n) is 7.53. The van der Waals surface area contributed by atoms with Crippen LogP contribution in [0.15, 0.2) is 18.2 Å². The third kappa shape index (κ3) is 4.88. The van der Waals surface area contributed by atoms with Crippen LogP contribution in [0.2, 0.25) is 0 Å². The smallest absolute Gasteiger partial charge is 0.161 e. The first-order chi connectivity index (χ1) is 10.2. The van der Waals surface area contributed by atoms with E-state index >= 15 is 0 Å². The maximum atomic E-state index is 6.30. The number of ether oxygens (including phenoxy) is 3. The number of likely N-dealkylation sites (N-methyl/N-ethyl adjacent to an activating group) is 1. The van der Waals surface area contributed by atoms with Crippen LogP contribution >= 0.6 is 0 Å². The Morgan fingerprint density at radius 1 is 1.29 bits per heavy atom. The van der Waals surface area contributed by atoms with Gasteiger partial charge in [-0.05, 0) is 31.2 Å². The molecule has 21 heavy (non-hydrogen) atoms. The molecular weight excluding hydrogens is 268 g/mol. The van der Waals surface area contributed by atoms with Gasteiger partial charge in [-0.15, -0.1) is 0 Å². The second kappa shape index (κ2) is 8.22. The molecule has 0 saturated carbocycles. The summed E-state index contributed by atoms with van der Waals surface area (Å²) in [6, 6.07) is 5.96. The van der Waals surface area contributed by atoms with Gasteiger partial charge in [-0.2, -0.15) is 0 Å². The lowest BCUT2D eigenvalue weighted by Crippen LogP contribution is -2.30. The van der Waals surface area contributed by atoms with E-state index in [1.165, 1.54) is 0 Å². The Morgan fingerprint density at radius 2 is 2.05 bits per heavy atom. The second-order valence-corrected chi connectivity index (χ2v) is 5.47. The van der Waals surface area contributed by atoms with Gasteiger partial charge in [-0.25, -0.2) is 0 Å². The van der Waals surface area contributed by atoms with Crippen LogP contribution in [0, 0.1) is 0 Å². The molecule has 0 spiro atoms. The summed E-state index contributed by atoms with van der Waals surface area (Å²) in [4.78, 5) is 2.23. The van der Waals surface area contributed by atoms with Gasteiger partial charge in [0.15, 0.2) is 11.5 Å². The molecule has 0 aliphatic carbocycles. The van der Waals surface area contributed by atoms with E-state index in [1.807, 2.05) is 18.2 Å². The van der Waals surface area contributed by atoms with Crippen LogP contribution in [0.25, 0.3) is 0 Å². The summed E-state index contributed by atoms with van der Waals surface area (Å²) in [7, 11) is 3.81. The normalized spacial score (nSPS) is 15.8. The first-order valence-corrected chi connectivity index (χ1v) is 7.53. The molecule has 0 aromatic heterocycles. The molecule has 1 aliphatic heterocycles. The molecule has 0 saturated heterocycles. The zero-order chi connectivity index (χ0) is 15.1. The highest BCUT2D eigenvalue weighted by Crippen LogP contribution is 2.31. The number of fused-ring (bicyclic) bond motifs is 1. The van der Waals surface area contributed by atoms with E-state index < -0.39 is 0 Å². The number of hydrogen-bond acceptors (Lipinski definition) is 5. The lowest BCUT2D eigenvalue weighted by atomic mass is 10.1. The Labute approximate surface area is 127 Å². The molecule has 1 aromatic rings. The average Bonchev–Trinajstić information content (AvgIpc) is 2.71. The molecule has 1 atom stereocenters. The number of rotatable bonds is 7. The van der Waals surface area contributed by atoms with Gasteiger partial charge in [0.1, 0.15) is 0 Å². The molecule has 2 N–H and O–H groups in total. The van der Waals surface area contributed by atoms with Crippen LogP contribution in [0.5, 0.6) is 11.5 Å². The predicted octanol–water partition coefficient (Wildman–Crippen LogP) is 1.82. The van der Waals surface area contributed by atoms with Crippen molar-refractivity contribution in [3.05, 3.63) is 23.8 Å². The molecular formula is C16H26N2O3. The van der Waals surface area contributed by atoms with Crippen molar-refractivity contribution in [1.82, 2.24) is 4.90 Å². The van der Waals surface area contributed by atoms with Crippen molar-refractivity contribution >= 4 is 0 Å². The van der Waals surface area contributed by atoms with Gasteiger partial charge in [0.25, 0.3) is 0 Å². The third-order valence-corrected chi connectivity index (χ3v) is 3.60. The fraction of sp³-hybridized carbons (Fsp3) is 0.625. The van der Waals surface area contributed by atoms with Crippen molar-refractivity contribution in [2.24, 2.45) is 5.73 Å². The van der Waals surface area contributed by atoms with Gasteiger partial charge in [0.2, 0.25) is 0 Å². The molecule has 5 heteroatoms. The minimum atomic E-state index is -0.0327. The van der Waals surface area contributed by atoms with E-state index in [1.54, 1.807) is 7.11 Å². The minimum absolute atomic E-state index is 0.0327. The molecule has 1 unspecified atom stereocenters. The zero-order valence-corrected chi connectivity index (χ0v) is 13.0. The van der Waals surface area contributed by atoms with E-state index in [0.29, 0.717) is 13.2 Å². The summed E-state index contributed by atoms with van der Waals surface area (Å²) in [6.07, 6.45) is 1.93. The van der Waals surface area contributed by atoms with Crippen LogP contribution in [0.1, 0.15) is 24.4 Å². The molecule has 0 bridgehead atoms. The van der Waals surface area contributed by atoms with Gasteiger partial charge >= 0.3 is 0 Å². The van der Waals surface area contributed by atoms with E-state index in [4.69, 9.17) is 19.9 Å². The Hall–Kier alpha value is -1.30. The Bertz CT molecular complexity index is 440. The molecule has 1 heterocycles. The van der Waals surface area contributed by atoms with Crippen LogP contribution in [0.3, 0.4) is 0 Å². The maximum Gasteiger partial charge on any atom is 0.161 e. The van der Waals surface area contributed by atoms with Gasteiger partial charge in [0.05, 0.1) is 13.2 Å². The van der Waals surface area contributed by atoms with E-state index in [0.717, 1.165) is 49.6 Å². The highest BCUT2D eigenvalue weighted by atomic mass is 16.5. The predicted molar refractivity (Wildman–Crippen MR) is 83.0 cm³/mol. The third-order valence-electron chi connectivity index (χ3n) is 3.60. The van der Waals surface area contributed by atoms with Crippen LogP contribution in [0.4, 0.5) is 0 Å². The van der Waals surface area contributed by atoms with E-state index in [-0.39, 0.29) is 6.04 Å². The molecule has 118 valence electrons. The minimum Gasteiger partial charge on any atom is -0.490 e. The van der Waals surface area contributed by atoms with Crippen molar-refractivity contribution in [1.29, 1.82) is 0 Å². The molecule has 0 amide bonds. The summed E-state index contributed by atoms with van der Waals surface area (Å²) in [5.74, 6) is 1.62. The molecule has 1 aliphatic rings. The van der Waals surface area contributed by atoms with Crippen molar-refractivity contribution in [2.75, 3.05) is 47.1 Å². The molecule has 5 nitrogen and oxygen atoms in total. The number of benzene rings is 1. The Balaban J connectivity index is 1.93. The number of methoxy groups -OCH3 is 1. The summed E-state index contributed by atoms with van der Waals surface area (Å²) in [5.41, 5.74) is 7.38. The molecule has 2 rings (SSSR count). The highest BCUT2D eigenvalue weighted by molar-refractivity contribution is 5.44. The average molecular weight is 294 g/mol. The quantitative estimate of drug-likeness (QED) is 0.777. The summed E-state index contributed by atoms with van der Waals surface area (Å²) < 4.78 is 16.4. The fourth-order valence-electron chi connectivity index (χ4n) is 2.42. The van der Waals surface area contributed by atoms with Gasteiger partial charge in [0, 0.05) is 39.3 Å². The zero-order valence-electron chi connectivity index (χ0n) is 13.0. The van der Waals surface area contributed by atoms with Gasteiger partial charge in [-0.3, -0.25) is 0 Å². The van der Waals surface area contributed by atoms with E-state index in [2.05, 4.69) is 11.9 Å². The standard InChI is InChI=1S/C16H26N2O3/c1-18(7-3-8-19-2)12-14(17)13-5-6-15-16(11-13)21-10-4-9-20-15/h5-6,11,14H,3-4,7-10,12,17H2,1-2H3. The van der Waals surface area contributed by atoms with Gasteiger partial charge in [-0.1, -0.05) is 6.07 Å². The number of nitrogens with two attached hydrogens (primary N) is 1. The highest BCUT2D eigenvalue weighted by Gasteiger charge is 2.15. The number of nitrogens with zero attached hydrogens (tertiary/aromatic N) is 1. The largest absolute Gasteiger partial charge is 0.490 e. The topological polar surface area (TPSA) is 57.0 Å². The molecule has 0 fully saturated rings. The number of hydrogen-bond donors (Lipinski definition) is 1. The van der Waals surface area contributed by atoms with Crippen molar-refractivity contribution in [2.45, 2.75) is 18.9 Å². The summed E-state index contributed by atoms with van der Waals surface area (Å²) in [6.45, 7) is 3.97. The second-order valence-electron chi connectivity index (χ2n) is 5.47. The van der Waals surface area contributed by atoms with Crippen molar-refractivity contribution in [3.63, 3.8) is 0 Å². The lowest BCUT2D eigenvalue weighted by Gasteiger charge is -2.22. The van der Waals surface area contributed by atoms with Crippen LogP contribution < -0.4 is 15.2 Å². The van der Waals surface area contributed by atoms with Crippen LogP contribution in [-0.2, 0) is 4.74 Å². The first kappa shape index (κ1) is 16.1. The summed E-state index contributed by atoms with van der Waals surface area (Å²) >= 11 is 0. The Kier molecular flexibility index (Phi) is 6.29. The maximum absolute atomic E-state index is 6.30. The Morgan fingerprint density at radius 3 is 2.81 bits per heavy atom.